The summed E-state index contributed by atoms with van der Waals surface area (Å²) in [5.41, 5.74) is -0.376. The van der Waals surface area contributed by atoms with Crippen LogP contribution in [0.3, 0.4) is 0 Å². The van der Waals surface area contributed by atoms with Crippen LogP contribution < -0.4 is 11.0 Å². The second-order valence-corrected chi connectivity index (χ2v) is 7.74. The van der Waals surface area contributed by atoms with Gasteiger partial charge >= 0.3 is 7.60 Å². The molecule has 0 aliphatic carbocycles. The smallest absolute Gasteiger partial charge is 0.320 e. The van der Waals surface area contributed by atoms with Gasteiger partial charge in [0.05, 0.1) is 11.0 Å². The highest BCUT2D eigenvalue weighted by molar-refractivity contribution is 7.59. The summed E-state index contributed by atoms with van der Waals surface area (Å²) in [6, 6.07) is 7.25. The minimum Gasteiger partial charge on any atom is -0.320 e. The number of rotatable bonds is 8. The fourth-order valence-corrected chi connectivity index (χ4v) is 3.65. The molecule has 138 valence electrons. The third-order valence-electron chi connectivity index (χ3n) is 4.54. The number of para-hydroxylation sites is 2. The van der Waals surface area contributed by atoms with E-state index in [4.69, 9.17) is 0 Å². The van der Waals surface area contributed by atoms with Gasteiger partial charge in [0.1, 0.15) is 0 Å². The van der Waals surface area contributed by atoms with E-state index >= 15 is 0 Å². The second-order valence-electron chi connectivity index (χ2n) is 6.23. The summed E-state index contributed by atoms with van der Waals surface area (Å²) in [5.74, 6) is 0. The normalized spacial score (nSPS) is 13.5. The van der Waals surface area contributed by atoms with E-state index < -0.39 is 18.6 Å². The van der Waals surface area contributed by atoms with Crippen LogP contribution in [0.2, 0.25) is 0 Å². The van der Waals surface area contributed by atoms with Gasteiger partial charge in [0, 0.05) is 12.6 Å². The van der Waals surface area contributed by atoms with E-state index in [9.17, 15) is 19.1 Å². The molecular weight excluding hydrogens is 341 g/mol. The summed E-state index contributed by atoms with van der Waals surface area (Å²) in [4.78, 5) is 37.7. The molecule has 25 heavy (non-hydrogen) atoms. The first-order chi connectivity index (χ1) is 11.8. The van der Waals surface area contributed by atoms with Crippen LogP contribution in [0.1, 0.15) is 33.1 Å². The van der Waals surface area contributed by atoms with Gasteiger partial charge in [0.25, 0.3) is 5.56 Å². The van der Waals surface area contributed by atoms with Gasteiger partial charge in [-0.15, -0.1) is 0 Å². The van der Waals surface area contributed by atoms with Crippen molar-refractivity contribution in [3.63, 3.8) is 0 Å². The highest BCUT2D eigenvalue weighted by atomic mass is 31.2. The zero-order valence-electron chi connectivity index (χ0n) is 14.9. The van der Waals surface area contributed by atoms with Crippen LogP contribution >= 0.6 is 7.60 Å². The molecule has 1 aromatic carbocycles. The monoisotopic (exact) mass is 367 g/mol. The van der Waals surface area contributed by atoms with Gasteiger partial charge in [-0.2, -0.15) is 0 Å². The molecule has 2 rings (SSSR count). The maximum absolute atomic E-state index is 12.6. The molecule has 2 N–H and O–H groups in total. The summed E-state index contributed by atoms with van der Waals surface area (Å²) < 4.78 is 13.1. The quantitative estimate of drug-likeness (QED) is 0.690. The molecule has 0 unspecified atom stereocenters. The molecule has 0 fully saturated rings. The van der Waals surface area contributed by atoms with Crippen molar-refractivity contribution in [3.05, 3.63) is 34.6 Å². The molecule has 1 heterocycles. The first-order valence-electron chi connectivity index (χ1n) is 8.55. The molecule has 1 atom stereocenters. The summed E-state index contributed by atoms with van der Waals surface area (Å²) >= 11 is 0. The first kappa shape index (κ1) is 19.8. The van der Waals surface area contributed by atoms with E-state index in [1.807, 2.05) is 0 Å². The lowest BCUT2D eigenvalue weighted by molar-refractivity contribution is 0.220. The predicted octanol–water partition coefficient (Wildman–Crippen LogP) is 1.71. The van der Waals surface area contributed by atoms with E-state index in [-0.39, 0.29) is 0 Å². The molecule has 0 radical (unpaired) electrons. The standard InChI is InChI=1S/C17H26N3O4P/c1-4-8-13(19(3)5-2)11-12-20-15-10-7-6-9-14(15)18-16(17(20)21)25(22,23)24/h6-7,9-10,13H,4-5,8,11-12H2,1-3H3,(H2,22,23,24)/t13-/m1/s1. The number of hydrogen-bond acceptors (Lipinski definition) is 4. The second kappa shape index (κ2) is 8.23. The van der Waals surface area contributed by atoms with Crippen LogP contribution in [-0.2, 0) is 11.1 Å². The number of aryl methyl sites for hydroxylation is 1. The minimum absolute atomic E-state index is 0.312. The Kier molecular flexibility index (Phi) is 6.52. The molecule has 2 aromatic rings. The van der Waals surface area contributed by atoms with Crippen LogP contribution in [0, 0.1) is 0 Å². The Morgan fingerprint density at radius 1 is 1.24 bits per heavy atom. The van der Waals surface area contributed by atoms with Crippen molar-refractivity contribution in [3.8, 4) is 0 Å². The maximum Gasteiger partial charge on any atom is 0.380 e. The largest absolute Gasteiger partial charge is 0.380 e. The number of hydrogen-bond donors (Lipinski definition) is 2. The minimum atomic E-state index is -4.73. The van der Waals surface area contributed by atoms with E-state index in [1.165, 1.54) is 4.57 Å². The van der Waals surface area contributed by atoms with E-state index in [1.54, 1.807) is 24.3 Å². The average Bonchev–Trinajstić information content (AvgIpc) is 2.57. The molecule has 0 aliphatic heterocycles. The SMILES string of the molecule is CCC[C@H](CCn1c(=O)c(P(=O)(O)O)nc2ccccc21)N(C)CC. The van der Waals surface area contributed by atoms with Crippen molar-refractivity contribution < 1.29 is 14.4 Å². The van der Waals surface area contributed by atoms with Gasteiger partial charge in [-0.05, 0) is 38.6 Å². The highest BCUT2D eigenvalue weighted by Gasteiger charge is 2.26. The molecule has 7 nitrogen and oxygen atoms in total. The van der Waals surface area contributed by atoms with Gasteiger partial charge in [-0.3, -0.25) is 9.36 Å². The lowest BCUT2D eigenvalue weighted by Gasteiger charge is -2.27. The number of aromatic nitrogens is 2. The van der Waals surface area contributed by atoms with Crippen molar-refractivity contribution >= 4 is 24.1 Å². The third kappa shape index (κ3) is 4.55. The van der Waals surface area contributed by atoms with Crippen molar-refractivity contribution in [1.29, 1.82) is 0 Å². The topological polar surface area (TPSA) is 95.7 Å². The van der Waals surface area contributed by atoms with Gasteiger partial charge in [0.15, 0.2) is 0 Å². The predicted molar refractivity (Wildman–Crippen MR) is 99.3 cm³/mol. The number of fused-ring (bicyclic) bond motifs is 1. The van der Waals surface area contributed by atoms with Crippen LogP contribution in [0.15, 0.2) is 29.1 Å². The molecule has 0 saturated heterocycles. The Labute approximate surface area is 147 Å². The first-order valence-corrected chi connectivity index (χ1v) is 10.2. The molecule has 1 aromatic heterocycles. The van der Waals surface area contributed by atoms with Gasteiger partial charge in [0.2, 0.25) is 5.44 Å². The maximum atomic E-state index is 12.6. The molecule has 0 aliphatic rings. The van der Waals surface area contributed by atoms with Gasteiger partial charge in [-0.25, -0.2) is 4.98 Å². The number of nitrogens with zero attached hydrogens (tertiary/aromatic N) is 3. The lowest BCUT2D eigenvalue weighted by atomic mass is 10.1. The Hall–Kier alpha value is -1.53. The molecule has 0 amide bonds. The zero-order valence-corrected chi connectivity index (χ0v) is 15.8. The summed E-state index contributed by atoms with van der Waals surface area (Å²) in [6.45, 7) is 5.51. The van der Waals surface area contributed by atoms with Gasteiger partial charge in [-0.1, -0.05) is 32.4 Å². The van der Waals surface area contributed by atoms with Gasteiger partial charge < -0.3 is 19.3 Å². The molecule has 0 spiro atoms. The molecule has 0 bridgehead atoms. The fourth-order valence-electron chi connectivity index (χ4n) is 3.05. The molecule has 8 heteroatoms. The zero-order chi connectivity index (χ0) is 18.6. The fraction of sp³-hybridized carbons (Fsp3) is 0.529. The van der Waals surface area contributed by atoms with Crippen molar-refractivity contribution in [2.45, 2.75) is 45.7 Å². The van der Waals surface area contributed by atoms with Crippen LogP contribution in [0.4, 0.5) is 0 Å². The van der Waals surface area contributed by atoms with Crippen LogP contribution in [-0.4, -0.2) is 43.9 Å². The Bertz CT molecular complexity index is 830. The lowest BCUT2D eigenvalue weighted by Crippen LogP contribution is -2.39. The van der Waals surface area contributed by atoms with Crippen molar-refractivity contribution in [2.24, 2.45) is 0 Å². The Balaban J connectivity index is 2.47. The highest BCUT2D eigenvalue weighted by Crippen LogP contribution is 2.31. The van der Waals surface area contributed by atoms with Crippen molar-refractivity contribution in [2.75, 3.05) is 13.6 Å². The Morgan fingerprint density at radius 3 is 2.52 bits per heavy atom. The summed E-state index contributed by atoms with van der Waals surface area (Å²) in [6.07, 6.45) is 2.77. The van der Waals surface area contributed by atoms with Crippen LogP contribution in [0.25, 0.3) is 11.0 Å². The van der Waals surface area contributed by atoms with E-state index in [0.717, 1.165) is 25.8 Å². The van der Waals surface area contributed by atoms with Crippen LogP contribution in [0.5, 0.6) is 0 Å². The molecule has 0 saturated carbocycles. The van der Waals surface area contributed by atoms with Crippen molar-refractivity contribution in [1.82, 2.24) is 14.5 Å². The number of benzene rings is 1. The summed E-state index contributed by atoms with van der Waals surface area (Å²) in [7, 11) is -2.68. The average molecular weight is 367 g/mol. The summed E-state index contributed by atoms with van der Waals surface area (Å²) in [5, 5.41) is 0. The third-order valence-corrected chi connectivity index (χ3v) is 5.38. The van der Waals surface area contributed by atoms with E-state index in [2.05, 4.69) is 30.8 Å². The molecular formula is C17H26N3O4P. The Morgan fingerprint density at radius 2 is 1.92 bits per heavy atom. The van der Waals surface area contributed by atoms with E-state index in [0.29, 0.717) is 23.6 Å².